The second kappa shape index (κ2) is 7.38. The first-order chi connectivity index (χ1) is 15.2. The van der Waals surface area contributed by atoms with E-state index < -0.39 is 9.84 Å². The lowest BCUT2D eigenvalue weighted by molar-refractivity contribution is 0.596. The Morgan fingerprint density at radius 3 is 2.28 bits per heavy atom. The number of rotatable bonds is 4. The molecule has 162 valence electrons. The van der Waals surface area contributed by atoms with Crippen LogP contribution in [0, 0.1) is 13.8 Å². The Kier molecular flexibility index (Phi) is 4.75. The van der Waals surface area contributed by atoms with Crippen molar-refractivity contribution in [1.29, 1.82) is 0 Å². The molecule has 0 unspecified atom stereocenters. The minimum absolute atomic E-state index is 0.0333. The van der Waals surface area contributed by atoms with E-state index in [1.807, 2.05) is 62.3 Å². The second-order valence-corrected chi connectivity index (χ2v) is 10.7. The molecule has 32 heavy (non-hydrogen) atoms. The van der Waals surface area contributed by atoms with Crippen LogP contribution >= 0.6 is 0 Å². The number of H-pyrrole nitrogens is 1. The predicted molar refractivity (Wildman–Crippen MR) is 134 cm³/mol. The van der Waals surface area contributed by atoms with Crippen molar-refractivity contribution in [2.75, 3.05) is 19.0 Å². The smallest absolute Gasteiger partial charge is 0.183 e. The molecule has 0 fully saturated rings. The molecule has 1 heterocycles. The van der Waals surface area contributed by atoms with Gasteiger partial charge in [-0.25, -0.2) is 8.42 Å². The van der Waals surface area contributed by atoms with Crippen LogP contribution in [0.3, 0.4) is 0 Å². The molecule has 0 atom stereocenters. The van der Waals surface area contributed by atoms with Gasteiger partial charge in [0.1, 0.15) is 0 Å². The highest BCUT2D eigenvalue weighted by Crippen LogP contribution is 2.33. The number of sulfone groups is 1. The quantitative estimate of drug-likeness (QED) is 0.364. The predicted octanol–water partition coefficient (Wildman–Crippen LogP) is 6.13. The summed E-state index contributed by atoms with van der Waals surface area (Å²) in [4.78, 5) is 5.85. The molecule has 0 aliphatic heterocycles. The highest BCUT2D eigenvalue weighted by atomic mass is 32.2. The Labute approximate surface area is 188 Å². The van der Waals surface area contributed by atoms with Gasteiger partial charge in [-0.1, -0.05) is 36.4 Å². The zero-order chi connectivity index (χ0) is 22.6. The molecule has 0 spiro atoms. The van der Waals surface area contributed by atoms with Crippen molar-refractivity contribution in [1.82, 2.24) is 4.98 Å². The van der Waals surface area contributed by atoms with E-state index >= 15 is 0 Å². The molecule has 4 aromatic carbocycles. The first-order valence-electron chi connectivity index (χ1n) is 10.7. The van der Waals surface area contributed by atoms with E-state index in [2.05, 4.69) is 36.2 Å². The number of aromatic amines is 1. The SMILES string of the molecule is Cc1ccc2c(c1)[nH]c1cc(CS(=O)(=O)c3cccc4c(N(C)C)cccc34)c(C)cc12. The van der Waals surface area contributed by atoms with Crippen molar-refractivity contribution in [2.45, 2.75) is 24.5 Å². The second-order valence-electron chi connectivity index (χ2n) is 8.78. The van der Waals surface area contributed by atoms with Crippen molar-refractivity contribution >= 4 is 48.1 Å². The van der Waals surface area contributed by atoms with Gasteiger partial charge in [-0.15, -0.1) is 0 Å². The average Bonchev–Trinajstić information content (AvgIpc) is 3.08. The molecule has 4 nitrogen and oxygen atoms in total. The fourth-order valence-corrected chi connectivity index (χ4v) is 6.26. The normalized spacial score (nSPS) is 12.1. The van der Waals surface area contributed by atoms with E-state index in [1.54, 1.807) is 6.07 Å². The molecule has 0 aliphatic rings. The average molecular weight is 443 g/mol. The standard InChI is InChI=1S/C27H26N2O2S/c1-17-11-12-20-23-14-18(2)19(15-25(23)28-24(20)13-17)16-32(30,31)27-10-6-7-21-22(27)8-5-9-26(21)29(3)4/h5-15,28H,16H2,1-4H3. The zero-order valence-electron chi connectivity index (χ0n) is 18.7. The summed E-state index contributed by atoms with van der Waals surface area (Å²) in [7, 11) is 0.394. The number of aryl methyl sites for hydroxylation is 2. The largest absolute Gasteiger partial charge is 0.377 e. The van der Waals surface area contributed by atoms with Crippen molar-refractivity contribution in [2.24, 2.45) is 0 Å². The summed E-state index contributed by atoms with van der Waals surface area (Å²) in [5.41, 5.74) is 6.04. The Morgan fingerprint density at radius 1 is 0.781 bits per heavy atom. The van der Waals surface area contributed by atoms with Crippen LogP contribution in [0.15, 0.2) is 71.6 Å². The molecule has 0 aliphatic carbocycles. The van der Waals surface area contributed by atoms with Gasteiger partial charge in [-0.05, 0) is 60.9 Å². The highest BCUT2D eigenvalue weighted by molar-refractivity contribution is 7.90. The van der Waals surface area contributed by atoms with Gasteiger partial charge in [0.15, 0.2) is 9.84 Å². The summed E-state index contributed by atoms with van der Waals surface area (Å²) < 4.78 is 27.2. The molecule has 5 rings (SSSR count). The molecule has 0 bridgehead atoms. The summed E-state index contributed by atoms with van der Waals surface area (Å²) >= 11 is 0. The third-order valence-corrected chi connectivity index (χ3v) is 7.95. The van der Waals surface area contributed by atoms with Crippen LogP contribution in [-0.2, 0) is 15.6 Å². The summed E-state index contributed by atoms with van der Waals surface area (Å²) in [5.74, 6) is -0.0333. The summed E-state index contributed by atoms with van der Waals surface area (Å²) in [6.45, 7) is 4.06. The van der Waals surface area contributed by atoms with E-state index in [1.165, 1.54) is 5.56 Å². The van der Waals surface area contributed by atoms with Gasteiger partial charge >= 0.3 is 0 Å². The van der Waals surface area contributed by atoms with Crippen molar-refractivity contribution in [3.8, 4) is 0 Å². The van der Waals surface area contributed by atoms with Gasteiger partial charge in [-0.3, -0.25) is 0 Å². The van der Waals surface area contributed by atoms with Crippen LogP contribution < -0.4 is 4.90 Å². The molecule has 0 saturated heterocycles. The molecule has 0 radical (unpaired) electrons. The van der Waals surface area contributed by atoms with E-state index in [9.17, 15) is 8.42 Å². The van der Waals surface area contributed by atoms with E-state index in [0.29, 0.717) is 4.90 Å². The number of hydrogen-bond donors (Lipinski definition) is 1. The van der Waals surface area contributed by atoms with Gasteiger partial charge in [0.2, 0.25) is 0 Å². The third kappa shape index (κ3) is 3.33. The number of anilines is 1. The molecule has 5 heteroatoms. The maximum Gasteiger partial charge on any atom is 0.183 e. The topological polar surface area (TPSA) is 53.2 Å². The third-order valence-electron chi connectivity index (χ3n) is 6.23. The van der Waals surface area contributed by atoms with Gasteiger partial charge in [0.05, 0.1) is 10.6 Å². The number of hydrogen-bond acceptors (Lipinski definition) is 3. The molecule has 0 saturated carbocycles. The molecule has 0 amide bonds. The van der Waals surface area contributed by atoms with Gasteiger partial charge in [-0.2, -0.15) is 0 Å². The van der Waals surface area contributed by atoms with Crippen molar-refractivity contribution in [3.63, 3.8) is 0 Å². The lowest BCUT2D eigenvalue weighted by Crippen LogP contribution is -2.10. The Bertz CT molecular complexity index is 1610. The van der Waals surface area contributed by atoms with Crippen molar-refractivity contribution in [3.05, 3.63) is 83.4 Å². The minimum atomic E-state index is -3.54. The first kappa shape index (κ1) is 20.6. The monoisotopic (exact) mass is 442 g/mol. The van der Waals surface area contributed by atoms with E-state index in [0.717, 1.165) is 49.4 Å². The number of benzene rings is 4. The molecular formula is C27H26N2O2S. The number of aromatic nitrogens is 1. The summed E-state index contributed by atoms with van der Waals surface area (Å²) in [6.07, 6.45) is 0. The van der Waals surface area contributed by atoms with Crippen LogP contribution in [0.4, 0.5) is 5.69 Å². The highest BCUT2D eigenvalue weighted by Gasteiger charge is 2.21. The number of nitrogens with zero attached hydrogens (tertiary/aromatic N) is 1. The number of nitrogens with one attached hydrogen (secondary N) is 1. The maximum absolute atomic E-state index is 13.6. The minimum Gasteiger partial charge on any atom is -0.377 e. The van der Waals surface area contributed by atoms with Crippen molar-refractivity contribution < 1.29 is 8.42 Å². The maximum atomic E-state index is 13.6. The van der Waals surface area contributed by atoms with Crippen LogP contribution in [0.5, 0.6) is 0 Å². The fraction of sp³-hybridized carbons (Fsp3) is 0.185. The van der Waals surface area contributed by atoms with E-state index in [-0.39, 0.29) is 5.75 Å². The summed E-state index contributed by atoms with van der Waals surface area (Å²) in [6, 6.07) is 21.8. The molecule has 5 aromatic rings. The lowest BCUT2D eigenvalue weighted by atomic mass is 10.0. The van der Waals surface area contributed by atoms with Crippen LogP contribution in [0.1, 0.15) is 16.7 Å². The lowest BCUT2D eigenvalue weighted by Gasteiger charge is -2.17. The molecule has 1 aromatic heterocycles. The van der Waals surface area contributed by atoms with E-state index in [4.69, 9.17) is 0 Å². The Balaban J connectivity index is 1.63. The fourth-order valence-electron chi connectivity index (χ4n) is 4.58. The Morgan fingerprint density at radius 2 is 1.50 bits per heavy atom. The van der Waals surface area contributed by atoms with Gasteiger partial charge in [0, 0.05) is 52.4 Å². The van der Waals surface area contributed by atoms with Crippen LogP contribution in [-0.4, -0.2) is 27.5 Å². The molecule has 1 N–H and O–H groups in total. The van der Waals surface area contributed by atoms with Gasteiger partial charge in [0.25, 0.3) is 0 Å². The summed E-state index contributed by atoms with van der Waals surface area (Å²) in [5, 5.41) is 3.99. The molecular weight excluding hydrogens is 416 g/mol. The van der Waals surface area contributed by atoms with Crippen LogP contribution in [0.2, 0.25) is 0 Å². The first-order valence-corrected chi connectivity index (χ1v) is 12.3. The van der Waals surface area contributed by atoms with Gasteiger partial charge < -0.3 is 9.88 Å². The zero-order valence-corrected chi connectivity index (χ0v) is 19.5. The Hall–Kier alpha value is -3.31. The number of fused-ring (bicyclic) bond motifs is 4. The van der Waals surface area contributed by atoms with Crippen LogP contribution in [0.25, 0.3) is 32.6 Å².